The number of amides is 1. The van der Waals surface area contributed by atoms with Crippen LogP contribution in [0.1, 0.15) is 10.4 Å². The number of halogens is 1. The summed E-state index contributed by atoms with van der Waals surface area (Å²) in [7, 11) is 1.45. The third-order valence-electron chi connectivity index (χ3n) is 5.58. The third kappa shape index (κ3) is 3.46. The lowest BCUT2D eigenvalue weighted by Gasteiger charge is -2.55. The molecule has 0 atom stereocenters. The van der Waals surface area contributed by atoms with E-state index >= 15 is 0 Å². The number of rotatable bonds is 5. The topological polar surface area (TPSA) is 89.5 Å². The van der Waals surface area contributed by atoms with Gasteiger partial charge < -0.3 is 19.7 Å². The van der Waals surface area contributed by atoms with Gasteiger partial charge in [-0.1, -0.05) is 18.2 Å². The van der Waals surface area contributed by atoms with Gasteiger partial charge in [-0.3, -0.25) is 4.79 Å². The molecule has 0 bridgehead atoms. The van der Waals surface area contributed by atoms with Crippen molar-refractivity contribution in [1.29, 1.82) is 0 Å². The largest absolute Gasteiger partial charge is 0.467 e. The molecule has 0 unspecified atom stereocenters. The number of benzene rings is 1. The Kier molecular flexibility index (Phi) is 4.74. The molecule has 2 saturated heterocycles. The Morgan fingerprint density at radius 2 is 1.87 bits per heavy atom. The minimum Gasteiger partial charge on any atom is -0.467 e. The third-order valence-corrected chi connectivity index (χ3v) is 5.58. The predicted molar refractivity (Wildman–Crippen MR) is 112 cm³/mol. The van der Waals surface area contributed by atoms with Crippen LogP contribution >= 0.6 is 0 Å². The SMILES string of the molecule is COc1ncc(C(=O)Nc2c(-c3ccccc3F)ccnc2N2CC3(COC3)C2)cn1. The fourth-order valence-corrected chi connectivity index (χ4v) is 3.93. The number of methoxy groups -OCH3 is 1. The fraction of sp³-hybridized carbons (Fsp3) is 0.273. The number of nitrogens with zero attached hydrogens (tertiary/aromatic N) is 4. The molecular formula is C22H20FN5O3. The van der Waals surface area contributed by atoms with E-state index in [1.165, 1.54) is 25.6 Å². The van der Waals surface area contributed by atoms with Gasteiger partial charge in [0.2, 0.25) is 0 Å². The lowest BCUT2D eigenvalue weighted by atomic mass is 9.78. The Balaban J connectivity index is 1.52. The number of anilines is 2. The molecule has 0 aliphatic carbocycles. The Morgan fingerprint density at radius 1 is 1.13 bits per heavy atom. The van der Waals surface area contributed by atoms with Gasteiger partial charge in [-0.25, -0.2) is 19.3 Å². The highest BCUT2D eigenvalue weighted by Crippen LogP contribution is 2.44. The molecule has 2 aliphatic heterocycles. The summed E-state index contributed by atoms with van der Waals surface area (Å²) in [5.74, 6) is -0.201. The molecule has 158 valence electrons. The van der Waals surface area contributed by atoms with Crippen molar-refractivity contribution in [3.05, 3.63) is 60.3 Å². The normalized spacial score (nSPS) is 16.4. The van der Waals surface area contributed by atoms with Crippen LogP contribution in [0.3, 0.4) is 0 Å². The van der Waals surface area contributed by atoms with E-state index in [4.69, 9.17) is 9.47 Å². The summed E-state index contributed by atoms with van der Waals surface area (Å²) < 4.78 is 24.9. The first kappa shape index (κ1) is 19.4. The van der Waals surface area contributed by atoms with Gasteiger partial charge in [0.15, 0.2) is 5.82 Å². The lowest BCUT2D eigenvalue weighted by Crippen LogP contribution is -2.66. The van der Waals surface area contributed by atoms with Gasteiger partial charge in [0.1, 0.15) is 5.82 Å². The molecule has 2 fully saturated rings. The summed E-state index contributed by atoms with van der Waals surface area (Å²) in [5.41, 5.74) is 1.79. The molecule has 9 heteroatoms. The van der Waals surface area contributed by atoms with Crippen LogP contribution in [-0.2, 0) is 4.74 Å². The highest BCUT2D eigenvalue weighted by atomic mass is 19.1. The van der Waals surface area contributed by atoms with Crippen molar-refractivity contribution in [2.45, 2.75) is 0 Å². The lowest BCUT2D eigenvalue weighted by molar-refractivity contribution is -0.127. The van der Waals surface area contributed by atoms with Crippen LogP contribution in [-0.4, -0.2) is 54.3 Å². The zero-order valence-corrected chi connectivity index (χ0v) is 16.8. The molecule has 5 rings (SSSR count). The molecule has 0 radical (unpaired) electrons. The molecule has 2 aliphatic rings. The highest BCUT2D eigenvalue weighted by molar-refractivity contribution is 6.08. The van der Waals surface area contributed by atoms with Crippen LogP contribution in [0.25, 0.3) is 11.1 Å². The molecule has 1 amide bonds. The minimum absolute atomic E-state index is 0.154. The Bertz CT molecular complexity index is 1130. The maximum absolute atomic E-state index is 14.6. The molecule has 1 N–H and O–H groups in total. The summed E-state index contributed by atoms with van der Waals surface area (Å²) in [6, 6.07) is 8.32. The molecule has 31 heavy (non-hydrogen) atoms. The second-order valence-electron chi connectivity index (χ2n) is 7.80. The van der Waals surface area contributed by atoms with Crippen LogP contribution in [0.2, 0.25) is 0 Å². The number of aromatic nitrogens is 3. The fourth-order valence-electron chi connectivity index (χ4n) is 3.93. The number of pyridine rings is 1. The van der Waals surface area contributed by atoms with Gasteiger partial charge in [0.25, 0.3) is 5.91 Å². The Morgan fingerprint density at radius 3 is 2.52 bits per heavy atom. The maximum atomic E-state index is 14.6. The van der Waals surface area contributed by atoms with Gasteiger partial charge in [-0.2, -0.15) is 0 Å². The van der Waals surface area contributed by atoms with Gasteiger partial charge in [-0.05, 0) is 12.1 Å². The van der Waals surface area contributed by atoms with E-state index < -0.39 is 5.91 Å². The average Bonchev–Trinajstić information content (AvgIpc) is 2.73. The van der Waals surface area contributed by atoms with Crippen LogP contribution in [0.4, 0.5) is 15.9 Å². The number of hydrogen-bond donors (Lipinski definition) is 1. The van der Waals surface area contributed by atoms with E-state index in [-0.39, 0.29) is 22.8 Å². The summed E-state index contributed by atoms with van der Waals surface area (Å²) in [5, 5.41) is 2.91. The Labute approximate surface area is 178 Å². The van der Waals surface area contributed by atoms with Crippen LogP contribution in [0, 0.1) is 11.2 Å². The molecule has 0 saturated carbocycles. The molecule has 1 aromatic carbocycles. The molecular weight excluding hydrogens is 401 g/mol. The van der Waals surface area contributed by atoms with Gasteiger partial charge in [0, 0.05) is 42.8 Å². The van der Waals surface area contributed by atoms with Gasteiger partial charge in [-0.15, -0.1) is 0 Å². The first-order chi connectivity index (χ1) is 15.1. The number of carbonyl (C=O) groups excluding carboxylic acids is 1. The van der Waals surface area contributed by atoms with E-state index in [0.717, 1.165) is 26.3 Å². The standard InChI is InChI=1S/C22H20FN5O3/c1-30-21-25-8-14(9-26-21)20(29)27-18-16(15-4-2-3-5-17(15)23)6-7-24-19(18)28-10-22(11-28)12-31-13-22/h2-9H,10-13H2,1H3,(H,27,29). The van der Waals surface area contributed by atoms with E-state index in [1.54, 1.807) is 30.5 Å². The van der Waals surface area contributed by atoms with Crippen LogP contribution in [0.5, 0.6) is 6.01 Å². The molecule has 8 nitrogen and oxygen atoms in total. The molecule has 3 aromatic rings. The second-order valence-corrected chi connectivity index (χ2v) is 7.80. The minimum atomic E-state index is -0.420. The maximum Gasteiger partial charge on any atom is 0.316 e. The zero-order valence-electron chi connectivity index (χ0n) is 16.8. The molecule has 4 heterocycles. The number of nitrogens with one attached hydrogen (secondary N) is 1. The quantitative estimate of drug-likeness (QED) is 0.678. The van der Waals surface area contributed by atoms with Crippen molar-refractivity contribution in [3.63, 3.8) is 0 Å². The summed E-state index contributed by atoms with van der Waals surface area (Å²) in [6.07, 6.45) is 4.39. The highest BCUT2D eigenvalue weighted by Gasteiger charge is 2.50. The van der Waals surface area contributed by atoms with E-state index in [2.05, 4.69) is 25.2 Å². The summed E-state index contributed by atoms with van der Waals surface area (Å²) in [6.45, 7) is 2.99. The van der Waals surface area contributed by atoms with E-state index in [1.807, 2.05) is 0 Å². The van der Waals surface area contributed by atoms with E-state index in [0.29, 0.717) is 22.6 Å². The smallest absolute Gasteiger partial charge is 0.316 e. The van der Waals surface area contributed by atoms with Crippen molar-refractivity contribution in [2.75, 3.05) is 43.6 Å². The van der Waals surface area contributed by atoms with Crippen LogP contribution < -0.4 is 15.0 Å². The van der Waals surface area contributed by atoms with Gasteiger partial charge >= 0.3 is 6.01 Å². The number of ether oxygens (including phenoxy) is 2. The van der Waals surface area contributed by atoms with Crippen molar-refractivity contribution in [1.82, 2.24) is 15.0 Å². The summed E-state index contributed by atoms with van der Waals surface area (Å²) in [4.78, 5) is 27.5. The van der Waals surface area contributed by atoms with Crippen molar-refractivity contribution in [2.24, 2.45) is 5.41 Å². The van der Waals surface area contributed by atoms with Crippen molar-refractivity contribution >= 4 is 17.4 Å². The number of carbonyl (C=O) groups is 1. The average molecular weight is 421 g/mol. The van der Waals surface area contributed by atoms with Gasteiger partial charge in [0.05, 0.1) is 37.0 Å². The monoisotopic (exact) mass is 421 g/mol. The zero-order chi connectivity index (χ0) is 21.4. The van der Waals surface area contributed by atoms with E-state index in [9.17, 15) is 9.18 Å². The first-order valence-corrected chi connectivity index (χ1v) is 9.83. The van der Waals surface area contributed by atoms with Crippen molar-refractivity contribution in [3.8, 4) is 17.1 Å². The Hall–Kier alpha value is -3.59. The first-order valence-electron chi connectivity index (χ1n) is 9.83. The number of hydrogen-bond acceptors (Lipinski definition) is 7. The molecule has 1 spiro atoms. The summed E-state index contributed by atoms with van der Waals surface area (Å²) >= 11 is 0. The predicted octanol–water partition coefficient (Wildman–Crippen LogP) is 2.78. The van der Waals surface area contributed by atoms with Crippen LogP contribution in [0.15, 0.2) is 48.9 Å². The molecule has 2 aromatic heterocycles. The van der Waals surface area contributed by atoms with Crippen molar-refractivity contribution < 1.29 is 18.7 Å². The second kappa shape index (κ2) is 7.59.